The van der Waals surface area contributed by atoms with E-state index in [-0.39, 0.29) is 37.8 Å². The quantitative estimate of drug-likeness (QED) is 0.283. The lowest BCUT2D eigenvalue weighted by Crippen LogP contribution is -2.54. The number of nitrogens with one attached hydrogen (secondary N) is 3. The fourth-order valence-electron chi connectivity index (χ4n) is 5.30. The molecule has 2 fully saturated rings. The Morgan fingerprint density at radius 1 is 0.949 bits per heavy atom. The highest BCUT2D eigenvalue weighted by atomic mass is 16.4. The minimum Gasteiger partial charge on any atom is -0.480 e. The fourth-order valence-corrected chi connectivity index (χ4v) is 5.30. The molecule has 10 heteroatoms. The van der Waals surface area contributed by atoms with Crippen molar-refractivity contribution < 1.29 is 29.4 Å². The van der Waals surface area contributed by atoms with E-state index in [0.717, 1.165) is 35.4 Å². The van der Waals surface area contributed by atoms with Gasteiger partial charge in [-0.15, -0.1) is 0 Å². The smallest absolute Gasteiger partial charge is 0.326 e. The van der Waals surface area contributed by atoms with Gasteiger partial charge >= 0.3 is 5.97 Å². The predicted octanol–water partition coefficient (Wildman–Crippen LogP) is 0.630. The van der Waals surface area contributed by atoms with Crippen molar-refractivity contribution >= 4 is 23.7 Å². The van der Waals surface area contributed by atoms with Crippen LogP contribution in [0.5, 0.6) is 0 Å². The summed E-state index contributed by atoms with van der Waals surface area (Å²) in [6.45, 7) is 0.659. The molecule has 5 atom stereocenters. The minimum atomic E-state index is -1.20. The van der Waals surface area contributed by atoms with E-state index in [1.54, 1.807) is 0 Å². The molecule has 0 unspecified atom stereocenters. The number of nitrogens with zero attached hydrogens (tertiary/aromatic N) is 1. The molecule has 3 amide bonds. The second kappa shape index (κ2) is 13.3. The van der Waals surface area contributed by atoms with Crippen LogP contribution in [-0.4, -0.2) is 82.2 Å². The summed E-state index contributed by atoms with van der Waals surface area (Å²) < 4.78 is 0. The number of aliphatic hydroxyl groups is 1. The second-order valence-electron chi connectivity index (χ2n) is 10.3. The summed E-state index contributed by atoms with van der Waals surface area (Å²) in [5.41, 5.74) is 1.76. The summed E-state index contributed by atoms with van der Waals surface area (Å²) in [5.74, 6) is -2.35. The largest absolute Gasteiger partial charge is 0.480 e. The standard InChI is InChI=1S/C29H36N4O6/c34-22-17-25(29(38)39)33(18-22)28(37)24(15-20-10-5-2-6-11-20)32-26(35)16-21(14-19-8-3-1-4-9-19)31-27(36)23-12-7-13-30-23/h1-6,8-11,21-25,30,34H,7,12-18H2,(H,31,36)(H,32,35)(H,38,39)/t21-,22+,23-,24-,25-/m0/s1. The number of aliphatic carboxylic acids is 1. The Morgan fingerprint density at radius 3 is 2.18 bits per heavy atom. The number of benzene rings is 2. The highest BCUT2D eigenvalue weighted by Crippen LogP contribution is 2.20. The van der Waals surface area contributed by atoms with E-state index in [9.17, 15) is 29.4 Å². The highest BCUT2D eigenvalue weighted by Gasteiger charge is 2.41. The van der Waals surface area contributed by atoms with Gasteiger partial charge in [0.1, 0.15) is 12.1 Å². The van der Waals surface area contributed by atoms with Crippen molar-refractivity contribution in [1.82, 2.24) is 20.9 Å². The molecule has 0 saturated carbocycles. The Balaban J connectivity index is 1.49. The van der Waals surface area contributed by atoms with Gasteiger partial charge in [0, 0.05) is 31.8 Å². The van der Waals surface area contributed by atoms with Crippen LogP contribution in [0.2, 0.25) is 0 Å². The van der Waals surface area contributed by atoms with E-state index in [1.807, 2.05) is 60.7 Å². The molecule has 0 bridgehead atoms. The summed E-state index contributed by atoms with van der Waals surface area (Å²) in [4.78, 5) is 52.6. The van der Waals surface area contributed by atoms with Crippen LogP contribution in [0.1, 0.15) is 36.8 Å². The molecule has 39 heavy (non-hydrogen) atoms. The summed E-state index contributed by atoms with van der Waals surface area (Å²) in [7, 11) is 0. The number of likely N-dealkylation sites (tertiary alicyclic amines) is 1. The van der Waals surface area contributed by atoms with Crippen molar-refractivity contribution in [2.45, 2.75) is 68.8 Å². The molecular weight excluding hydrogens is 500 g/mol. The molecule has 5 N–H and O–H groups in total. The third kappa shape index (κ3) is 7.87. The van der Waals surface area contributed by atoms with Gasteiger partial charge in [-0.05, 0) is 36.9 Å². The van der Waals surface area contributed by atoms with Crippen molar-refractivity contribution in [3.63, 3.8) is 0 Å². The number of carbonyl (C=O) groups is 4. The van der Waals surface area contributed by atoms with Crippen molar-refractivity contribution in [3.05, 3.63) is 71.8 Å². The number of carboxylic acids is 1. The van der Waals surface area contributed by atoms with Crippen molar-refractivity contribution in [2.75, 3.05) is 13.1 Å². The molecule has 2 aromatic rings. The minimum absolute atomic E-state index is 0.0586. The molecule has 0 spiro atoms. The van der Waals surface area contributed by atoms with E-state index in [0.29, 0.717) is 6.42 Å². The molecule has 0 radical (unpaired) electrons. The van der Waals surface area contributed by atoms with Gasteiger partial charge in [0.25, 0.3) is 0 Å². The Kier molecular flexibility index (Phi) is 9.67. The highest BCUT2D eigenvalue weighted by molar-refractivity contribution is 5.91. The lowest BCUT2D eigenvalue weighted by molar-refractivity contribution is -0.149. The van der Waals surface area contributed by atoms with Crippen LogP contribution in [-0.2, 0) is 32.0 Å². The fraction of sp³-hybridized carbons (Fsp3) is 0.448. The topological polar surface area (TPSA) is 148 Å². The predicted molar refractivity (Wildman–Crippen MR) is 144 cm³/mol. The van der Waals surface area contributed by atoms with Gasteiger partial charge in [0.2, 0.25) is 17.7 Å². The van der Waals surface area contributed by atoms with Crippen LogP contribution in [0, 0.1) is 0 Å². The van der Waals surface area contributed by atoms with Gasteiger partial charge in [-0.25, -0.2) is 4.79 Å². The van der Waals surface area contributed by atoms with Crippen LogP contribution in [0.3, 0.4) is 0 Å². The monoisotopic (exact) mass is 536 g/mol. The SMILES string of the molecule is O=C(C[C@H](Cc1ccccc1)NC(=O)[C@@H]1CCCN1)N[C@@H](Cc1ccccc1)C(=O)N1C[C@H](O)C[C@H]1C(=O)O. The van der Waals surface area contributed by atoms with Gasteiger partial charge in [-0.1, -0.05) is 60.7 Å². The van der Waals surface area contributed by atoms with Crippen molar-refractivity contribution in [1.29, 1.82) is 0 Å². The lowest BCUT2D eigenvalue weighted by atomic mass is 10.0. The molecule has 4 rings (SSSR count). The average molecular weight is 537 g/mol. The first-order chi connectivity index (χ1) is 18.8. The molecule has 2 aliphatic rings. The molecule has 0 aromatic heterocycles. The normalized spacial score (nSPS) is 22.2. The van der Waals surface area contributed by atoms with Crippen molar-refractivity contribution in [3.8, 4) is 0 Å². The number of rotatable bonds is 11. The number of hydrogen-bond acceptors (Lipinski definition) is 6. The molecule has 10 nitrogen and oxygen atoms in total. The van der Waals surface area contributed by atoms with Crippen LogP contribution in [0.4, 0.5) is 0 Å². The summed E-state index contributed by atoms with van der Waals surface area (Å²) in [5, 5.41) is 28.6. The third-order valence-corrected chi connectivity index (χ3v) is 7.24. The molecule has 2 aliphatic heterocycles. The molecule has 2 saturated heterocycles. The molecule has 0 aliphatic carbocycles. The van der Waals surface area contributed by atoms with Gasteiger partial charge < -0.3 is 31.1 Å². The first kappa shape index (κ1) is 28.3. The molecular formula is C29H36N4O6. The number of carboxylic acid groups (broad SMARTS) is 1. The maximum Gasteiger partial charge on any atom is 0.326 e. The van der Waals surface area contributed by atoms with Gasteiger partial charge in [-0.3, -0.25) is 14.4 Å². The van der Waals surface area contributed by atoms with E-state index in [4.69, 9.17) is 0 Å². The number of carbonyl (C=O) groups excluding carboxylic acids is 3. The number of aliphatic hydroxyl groups excluding tert-OH is 1. The van der Waals surface area contributed by atoms with Crippen LogP contribution < -0.4 is 16.0 Å². The van der Waals surface area contributed by atoms with Crippen LogP contribution >= 0.6 is 0 Å². The lowest BCUT2D eigenvalue weighted by Gasteiger charge is -2.28. The average Bonchev–Trinajstić information content (AvgIpc) is 3.59. The molecule has 2 aromatic carbocycles. The zero-order valence-electron chi connectivity index (χ0n) is 21.8. The maximum atomic E-state index is 13.5. The number of hydrogen-bond donors (Lipinski definition) is 5. The summed E-state index contributed by atoms with van der Waals surface area (Å²) in [6, 6.07) is 15.7. The van der Waals surface area contributed by atoms with E-state index < -0.39 is 42.0 Å². The van der Waals surface area contributed by atoms with E-state index >= 15 is 0 Å². The second-order valence-corrected chi connectivity index (χ2v) is 10.3. The molecule has 2 heterocycles. The first-order valence-corrected chi connectivity index (χ1v) is 13.4. The summed E-state index contributed by atoms with van der Waals surface area (Å²) in [6.07, 6.45) is 1.17. The van der Waals surface area contributed by atoms with Gasteiger partial charge in [-0.2, -0.15) is 0 Å². The number of amides is 3. The Bertz CT molecular complexity index is 1140. The van der Waals surface area contributed by atoms with Gasteiger partial charge in [0.05, 0.1) is 12.1 Å². The zero-order chi connectivity index (χ0) is 27.8. The number of β-amino-alcohol motifs (C(OH)–C–C–N with tert-alkyl or cyclic N) is 1. The van der Waals surface area contributed by atoms with Crippen molar-refractivity contribution in [2.24, 2.45) is 0 Å². The zero-order valence-corrected chi connectivity index (χ0v) is 21.8. The van der Waals surface area contributed by atoms with Crippen LogP contribution in [0.15, 0.2) is 60.7 Å². The molecule has 208 valence electrons. The van der Waals surface area contributed by atoms with Gasteiger partial charge in [0.15, 0.2) is 0 Å². The third-order valence-electron chi connectivity index (χ3n) is 7.24. The first-order valence-electron chi connectivity index (χ1n) is 13.4. The Labute approximate surface area is 227 Å². The van der Waals surface area contributed by atoms with E-state index in [1.165, 1.54) is 0 Å². The Hall–Kier alpha value is -3.76. The Morgan fingerprint density at radius 2 is 1.59 bits per heavy atom. The maximum absolute atomic E-state index is 13.5. The van der Waals surface area contributed by atoms with Crippen LogP contribution in [0.25, 0.3) is 0 Å². The summed E-state index contributed by atoms with van der Waals surface area (Å²) >= 11 is 0. The van der Waals surface area contributed by atoms with E-state index in [2.05, 4.69) is 16.0 Å².